The van der Waals surface area contributed by atoms with Crippen molar-refractivity contribution in [3.8, 4) is 11.5 Å². The van der Waals surface area contributed by atoms with Crippen LogP contribution in [-0.2, 0) is 0 Å². The number of carboxylic acid groups (broad SMARTS) is 1. The van der Waals surface area contributed by atoms with Crippen molar-refractivity contribution >= 4 is 27.6 Å². The van der Waals surface area contributed by atoms with E-state index in [-0.39, 0.29) is 17.0 Å². The Balaban J connectivity index is 2.45. The van der Waals surface area contributed by atoms with E-state index in [1.54, 1.807) is 0 Å². The Morgan fingerprint density at radius 3 is 2.45 bits per heavy atom. The van der Waals surface area contributed by atoms with Crippen LogP contribution >= 0.6 is 15.9 Å². The third kappa shape index (κ3) is 2.88. The molecule has 0 saturated heterocycles. The Morgan fingerprint density at radius 2 is 1.80 bits per heavy atom. The molecular formula is C13H8BrF2NO3. The molecule has 0 bridgehead atoms. The van der Waals surface area contributed by atoms with Crippen molar-refractivity contribution in [2.24, 2.45) is 0 Å². The minimum Gasteiger partial charge on any atom is -0.478 e. The summed E-state index contributed by atoms with van der Waals surface area (Å²) in [5, 5.41) is 8.91. The van der Waals surface area contributed by atoms with Crippen LogP contribution < -0.4 is 10.5 Å². The first-order chi connectivity index (χ1) is 9.38. The zero-order valence-electron chi connectivity index (χ0n) is 9.86. The molecule has 3 N–H and O–H groups in total. The fourth-order valence-electron chi connectivity index (χ4n) is 1.51. The van der Waals surface area contributed by atoms with Crippen LogP contribution in [0.1, 0.15) is 10.4 Å². The maximum Gasteiger partial charge on any atom is 0.337 e. The van der Waals surface area contributed by atoms with Gasteiger partial charge in [-0.25, -0.2) is 13.6 Å². The lowest BCUT2D eigenvalue weighted by Gasteiger charge is -2.10. The van der Waals surface area contributed by atoms with Crippen LogP contribution in [0.5, 0.6) is 11.5 Å². The number of ether oxygens (including phenoxy) is 1. The minimum absolute atomic E-state index is 0.237. The molecule has 104 valence electrons. The second-order valence-corrected chi connectivity index (χ2v) is 4.77. The highest BCUT2D eigenvalue weighted by Crippen LogP contribution is 2.31. The average Bonchev–Trinajstić information content (AvgIpc) is 2.36. The van der Waals surface area contributed by atoms with Crippen LogP contribution in [0, 0.1) is 11.6 Å². The number of carboxylic acids is 1. The summed E-state index contributed by atoms with van der Waals surface area (Å²) >= 11 is 3.12. The number of nitrogens with two attached hydrogens (primary N) is 1. The first-order valence-electron chi connectivity index (χ1n) is 5.33. The summed E-state index contributed by atoms with van der Waals surface area (Å²) in [4.78, 5) is 10.9. The largest absolute Gasteiger partial charge is 0.478 e. The van der Waals surface area contributed by atoms with Gasteiger partial charge >= 0.3 is 5.97 Å². The SMILES string of the molecule is Nc1cc(F)c(Oc2cc(Br)ccc2F)cc1C(=O)O. The zero-order valence-corrected chi connectivity index (χ0v) is 11.4. The molecule has 2 aromatic rings. The highest BCUT2D eigenvalue weighted by molar-refractivity contribution is 9.10. The van der Waals surface area contributed by atoms with E-state index in [4.69, 9.17) is 15.6 Å². The molecule has 0 fully saturated rings. The van der Waals surface area contributed by atoms with Gasteiger partial charge in [-0.1, -0.05) is 15.9 Å². The Morgan fingerprint density at radius 1 is 1.15 bits per heavy atom. The Labute approximate surface area is 120 Å². The third-order valence-electron chi connectivity index (χ3n) is 2.45. The quantitative estimate of drug-likeness (QED) is 0.831. The number of hydrogen-bond donors (Lipinski definition) is 2. The van der Waals surface area contributed by atoms with Crippen LogP contribution in [-0.4, -0.2) is 11.1 Å². The van der Waals surface area contributed by atoms with Crippen molar-refractivity contribution in [3.05, 3.63) is 52.0 Å². The van der Waals surface area contributed by atoms with Crippen LogP contribution in [0.3, 0.4) is 0 Å². The van der Waals surface area contributed by atoms with Crippen LogP contribution in [0.15, 0.2) is 34.8 Å². The third-order valence-corrected chi connectivity index (χ3v) is 2.94. The van der Waals surface area contributed by atoms with Gasteiger partial charge in [0.15, 0.2) is 23.1 Å². The molecule has 4 nitrogen and oxygen atoms in total. The second-order valence-electron chi connectivity index (χ2n) is 3.85. The Kier molecular flexibility index (Phi) is 3.89. The molecule has 0 aliphatic carbocycles. The van der Waals surface area contributed by atoms with Gasteiger partial charge in [0, 0.05) is 22.3 Å². The van der Waals surface area contributed by atoms with E-state index in [1.807, 2.05) is 0 Å². The summed E-state index contributed by atoms with van der Waals surface area (Å²) in [5.74, 6) is -3.58. The van der Waals surface area contributed by atoms with Crippen molar-refractivity contribution < 1.29 is 23.4 Å². The number of aromatic carboxylic acids is 1. The predicted octanol–water partition coefficient (Wildman–Crippen LogP) is 3.80. The van der Waals surface area contributed by atoms with Crippen LogP contribution in [0.25, 0.3) is 0 Å². The highest BCUT2D eigenvalue weighted by atomic mass is 79.9. The molecule has 7 heteroatoms. The van der Waals surface area contributed by atoms with Crippen molar-refractivity contribution in [1.82, 2.24) is 0 Å². The molecular weight excluding hydrogens is 336 g/mol. The van der Waals surface area contributed by atoms with E-state index in [0.29, 0.717) is 4.47 Å². The zero-order chi connectivity index (χ0) is 14.9. The fraction of sp³-hybridized carbons (Fsp3) is 0. The van der Waals surface area contributed by atoms with Gasteiger partial charge in [-0.2, -0.15) is 0 Å². The van der Waals surface area contributed by atoms with E-state index < -0.39 is 23.4 Å². The molecule has 0 aliphatic heterocycles. The monoisotopic (exact) mass is 343 g/mol. The van der Waals surface area contributed by atoms with Gasteiger partial charge in [0.2, 0.25) is 0 Å². The van der Waals surface area contributed by atoms with E-state index in [1.165, 1.54) is 12.1 Å². The fourth-order valence-corrected chi connectivity index (χ4v) is 1.85. The van der Waals surface area contributed by atoms with Crippen molar-refractivity contribution in [3.63, 3.8) is 0 Å². The van der Waals surface area contributed by atoms with Gasteiger partial charge in [0.25, 0.3) is 0 Å². The summed E-state index contributed by atoms with van der Waals surface area (Å²) in [7, 11) is 0. The standard InChI is InChI=1S/C13H8BrF2NO3/c14-6-1-2-8(15)11(3-6)20-12-4-7(13(18)19)10(17)5-9(12)16/h1-5H,17H2,(H,18,19). The molecule has 2 rings (SSSR count). The van der Waals surface area contributed by atoms with Gasteiger partial charge in [0.05, 0.1) is 5.56 Å². The van der Waals surface area contributed by atoms with E-state index in [0.717, 1.165) is 18.2 Å². The van der Waals surface area contributed by atoms with Gasteiger partial charge in [0.1, 0.15) is 0 Å². The molecule has 0 heterocycles. The normalized spacial score (nSPS) is 10.3. The number of carbonyl (C=O) groups is 1. The van der Waals surface area contributed by atoms with Gasteiger partial charge in [-0.05, 0) is 18.2 Å². The van der Waals surface area contributed by atoms with E-state index in [9.17, 15) is 13.6 Å². The van der Waals surface area contributed by atoms with Crippen molar-refractivity contribution in [2.45, 2.75) is 0 Å². The number of nitrogen functional groups attached to an aromatic ring is 1. The number of benzene rings is 2. The van der Waals surface area contributed by atoms with Gasteiger partial charge in [-0.15, -0.1) is 0 Å². The lowest BCUT2D eigenvalue weighted by atomic mass is 10.1. The van der Waals surface area contributed by atoms with Gasteiger partial charge in [-0.3, -0.25) is 0 Å². The van der Waals surface area contributed by atoms with Crippen molar-refractivity contribution in [1.29, 1.82) is 0 Å². The Hall–Kier alpha value is -2.15. The molecule has 2 aromatic carbocycles. The van der Waals surface area contributed by atoms with Gasteiger partial charge < -0.3 is 15.6 Å². The molecule has 20 heavy (non-hydrogen) atoms. The van der Waals surface area contributed by atoms with Crippen LogP contribution in [0.2, 0.25) is 0 Å². The predicted molar refractivity (Wildman–Crippen MR) is 71.9 cm³/mol. The van der Waals surface area contributed by atoms with Crippen LogP contribution in [0.4, 0.5) is 14.5 Å². The summed E-state index contributed by atoms with van der Waals surface area (Å²) in [6, 6.07) is 5.60. The first-order valence-corrected chi connectivity index (χ1v) is 6.13. The summed E-state index contributed by atoms with van der Waals surface area (Å²) < 4.78 is 32.8. The maximum atomic E-state index is 13.7. The molecule has 0 unspecified atom stereocenters. The molecule has 0 aromatic heterocycles. The number of anilines is 1. The Bertz CT molecular complexity index is 692. The first kappa shape index (κ1) is 14.3. The topological polar surface area (TPSA) is 72.5 Å². The van der Waals surface area contributed by atoms with Crippen molar-refractivity contribution in [2.75, 3.05) is 5.73 Å². The lowest BCUT2D eigenvalue weighted by Crippen LogP contribution is -2.04. The average molecular weight is 344 g/mol. The molecule has 0 aliphatic rings. The number of rotatable bonds is 3. The van der Waals surface area contributed by atoms with E-state index >= 15 is 0 Å². The second kappa shape index (κ2) is 5.46. The number of hydrogen-bond acceptors (Lipinski definition) is 3. The van der Waals surface area contributed by atoms with E-state index in [2.05, 4.69) is 15.9 Å². The molecule has 0 spiro atoms. The summed E-state index contributed by atoms with van der Waals surface area (Å²) in [5.41, 5.74) is 4.82. The maximum absolute atomic E-state index is 13.7. The highest BCUT2D eigenvalue weighted by Gasteiger charge is 2.16. The summed E-state index contributed by atoms with van der Waals surface area (Å²) in [6.45, 7) is 0. The molecule has 0 atom stereocenters. The lowest BCUT2D eigenvalue weighted by molar-refractivity contribution is 0.0697. The molecule has 0 amide bonds. The molecule has 0 saturated carbocycles. The summed E-state index contributed by atoms with van der Waals surface area (Å²) in [6.07, 6.45) is 0. The smallest absolute Gasteiger partial charge is 0.337 e. The number of halogens is 3. The minimum atomic E-state index is -1.33. The molecule has 0 radical (unpaired) electrons.